The van der Waals surface area contributed by atoms with Crippen molar-refractivity contribution in [2.45, 2.75) is 58.2 Å². The zero-order valence-electron chi connectivity index (χ0n) is 11.9. The van der Waals surface area contributed by atoms with Crippen LogP contribution in [0.4, 0.5) is 0 Å². The second kappa shape index (κ2) is 7.55. The summed E-state index contributed by atoms with van der Waals surface area (Å²) in [5, 5.41) is 10.4. The predicted molar refractivity (Wildman–Crippen MR) is 75.7 cm³/mol. The Bertz CT molecular complexity index is 317. The van der Waals surface area contributed by atoms with Crippen LogP contribution in [0.2, 0.25) is 0 Å². The molecule has 1 N–H and O–H groups in total. The third kappa shape index (κ3) is 3.82. The summed E-state index contributed by atoms with van der Waals surface area (Å²) in [6.07, 6.45) is 2.97. The Balaban J connectivity index is 2.59. The van der Waals surface area contributed by atoms with Gasteiger partial charge in [0.05, 0.1) is 11.7 Å². The van der Waals surface area contributed by atoms with Crippen LogP contribution >= 0.6 is 0 Å². The molecule has 0 aliphatic heterocycles. The van der Waals surface area contributed by atoms with Crippen LogP contribution < -0.4 is 0 Å². The molecule has 2 heteroatoms. The standard InChI is InChI=1S/C16H26O2/c1-4-16(5-2,18-6-3)15(17)13-12-14-10-8-7-9-11-14/h7-11,15,17H,4-6,12-13H2,1-3H3. The first kappa shape index (κ1) is 15.2. The van der Waals surface area contributed by atoms with Crippen molar-refractivity contribution in [2.24, 2.45) is 0 Å². The maximum absolute atomic E-state index is 10.4. The maximum atomic E-state index is 10.4. The highest BCUT2D eigenvalue weighted by atomic mass is 16.5. The monoisotopic (exact) mass is 250 g/mol. The lowest BCUT2D eigenvalue weighted by atomic mass is 9.87. The molecule has 0 heterocycles. The minimum Gasteiger partial charge on any atom is -0.390 e. The zero-order valence-corrected chi connectivity index (χ0v) is 11.9. The lowest BCUT2D eigenvalue weighted by Crippen LogP contribution is -2.44. The van der Waals surface area contributed by atoms with Gasteiger partial charge in [0.25, 0.3) is 0 Å². The van der Waals surface area contributed by atoms with Crippen molar-refractivity contribution in [3.8, 4) is 0 Å². The van der Waals surface area contributed by atoms with Crippen LogP contribution in [0.1, 0.15) is 45.6 Å². The number of aryl methyl sites for hydroxylation is 1. The van der Waals surface area contributed by atoms with Gasteiger partial charge in [-0.15, -0.1) is 0 Å². The van der Waals surface area contributed by atoms with E-state index in [0.29, 0.717) is 6.61 Å². The van der Waals surface area contributed by atoms with Crippen LogP contribution in [0, 0.1) is 0 Å². The number of aliphatic hydroxyl groups excluding tert-OH is 1. The molecule has 0 bridgehead atoms. The van der Waals surface area contributed by atoms with E-state index >= 15 is 0 Å². The summed E-state index contributed by atoms with van der Waals surface area (Å²) in [4.78, 5) is 0. The molecule has 0 fully saturated rings. The number of hydrogen-bond acceptors (Lipinski definition) is 2. The molecule has 0 saturated carbocycles. The quantitative estimate of drug-likeness (QED) is 0.764. The summed E-state index contributed by atoms with van der Waals surface area (Å²) in [6.45, 7) is 6.82. The van der Waals surface area contributed by atoms with Crippen LogP contribution in [0.5, 0.6) is 0 Å². The fourth-order valence-electron chi connectivity index (χ4n) is 2.52. The zero-order chi connectivity index (χ0) is 13.4. The Hall–Kier alpha value is -0.860. The lowest BCUT2D eigenvalue weighted by molar-refractivity contribution is -0.127. The van der Waals surface area contributed by atoms with Gasteiger partial charge in [-0.3, -0.25) is 0 Å². The average Bonchev–Trinajstić information content (AvgIpc) is 2.43. The minimum absolute atomic E-state index is 0.371. The fraction of sp³-hybridized carbons (Fsp3) is 0.625. The van der Waals surface area contributed by atoms with Crippen molar-refractivity contribution in [3.63, 3.8) is 0 Å². The third-order valence-electron chi connectivity index (χ3n) is 3.79. The molecule has 0 aliphatic carbocycles. The molecule has 1 aromatic rings. The van der Waals surface area contributed by atoms with E-state index in [-0.39, 0.29) is 5.60 Å². The molecular formula is C16H26O2. The van der Waals surface area contributed by atoms with Crippen molar-refractivity contribution in [1.82, 2.24) is 0 Å². The van der Waals surface area contributed by atoms with Crippen LogP contribution in [0.25, 0.3) is 0 Å². The van der Waals surface area contributed by atoms with E-state index in [0.717, 1.165) is 25.7 Å². The molecule has 0 radical (unpaired) electrons. The van der Waals surface area contributed by atoms with E-state index in [1.165, 1.54) is 5.56 Å². The normalized spacial score (nSPS) is 13.6. The lowest BCUT2D eigenvalue weighted by Gasteiger charge is -2.36. The molecule has 1 rings (SSSR count). The highest BCUT2D eigenvalue weighted by Gasteiger charge is 2.34. The van der Waals surface area contributed by atoms with Gasteiger partial charge in [-0.2, -0.15) is 0 Å². The van der Waals surface area contributed by atoms with Crippen LogP contribution in [-0.2, 0) is 11.2 Å². The van der Waals surface area contributed by atoms with Gasteiger partial charge >= 0.3 is 0 Å². The maximum Gasteiger partial charge on any atom is 0.0934 e. The first-order valence-electron chi connectivity index (χ1n) is 7.04. The smallest absolute Gasteiger partial charge is 0.0934 e. The molecule has 0 spiro atoms. The number of rotatable bonds is 8. The van der Waals surface area contributed by atoms with Gasteiger partial charge in [-0.05, 0) is 38.2 Å². The van der Waals surface area contributed by atoms with Gasteiger partial charge in [-0.1, -0.05) is 44.2 Å². The Kier molecular flexibility index (Phi) is 6.37. The first-order valence-corrected chi connectivity index (χ1v) is 7.04. The molecule has 0 amide bonds. The second-order valence-corrected chi connectivity index (χ2v) is 4.74. The summed E-state index contributed by atoms with van der Waals surface area (Å²) in [5.74, 6) is 0. The third-order valence-corrected chi connectivity index (χ3v) is 3.79. The van der Waals surface area contributed by atoms with Crippen molar-refractivity contribution in [1.29, 1.82) is 0 Å². The number of hydrogen-bond donors (Lipinski definition) is 1. The van der Waals surface area contributed by atoms with Crippen molar-refractivity contribution < 1.29 is 9.84 Å². The molecule has 0 aliphatic rings. The molecule has 1 unspecified atom stereocenters. The SMILES string of the molecule is CCOC(CC)(CC)C(O)CCc1ccccc1. The van der Waals surface area contributed by atoms with Gasteiger partial charge < -0.3 is 9.84 Å². The Morgan fingerprint density at radius 3 is 2.22 bits per heavy atom. The largest absolute Gasteiger partial charge is 0.390 e. The number of benzene rings is 1. The Morgan fingerprint density at radius 1 is 1.11 bits per heavy atom. The van der Waals surface area contributed by atoms with Gasteiger partial charge in [-0.25, -0.2) is 0 Å². The van der Waals surface area contributed by atoms with E-state index < -0.39 is 6.10 Å². The highest BCUT2D eigenvalue weighted by molar-refractivity contribution is 5.14. The fourth-order valence-corrected chi connectivity index (χ4v) is 2.52. The van der Waals surface area contributed by atoms with Gasteiger partial charge in [0.2, 0.25) is 0 Å². The van der Waals surface area contributed by atoms with Crippen molar-refractivity contribution in [3.05, 3.63) is 35.9 Å². The predicted octanol–water partition coefficient (Wildman–Crippen LogP) is 3.58. The molecule has 102 valence electrons. The molecule has 1 aromatic carbocycles. The summed E-state index contributed by atoms with van der Waals surface area (Å²) in [5.41, 5.74) is 0.901. The second-order valence-electron chi connectivity index (χ2n) is 4.74. The first-order chi connectivity index (χ1) is 8.68. The van der Waals surface area contributed by atoms with Crippen LogP contribution in [0.15, 0.2) is 30.3 Å². The van der Waals surface area contributed by atoms with Gasteiger partial charge in [0, 0.05) is 6.61 Å². The Labute approximate surface area is 111 Å². The number of ether oxygens (including phenoxy) is 1. The van der Waals surface area contributed by atoms with E-state index in [4.69, 9.17) is 4.74 Å². The van der Waals surface area contributed by atoms with Crippen LogP contribution in [0.3, 0.4) is 0 Å². The summed E-state index contributed by atoms with van der Waals surface area (Å²) in [7, 11) is 0. The minimum atomic E-state index is -0.396. The van der Waals surface area contributed by atoms with E-state index in [2.05, 4.69) is 26.0 Å². The summed E-state index contributed by atoms with van der Waals surface area (Å²) < 4.78 is 5.83. The molecule has 1 atom stereocenters. The van der Waals surface area contributed by atoms with E-state index in [9.17, 15) is 5.11 Å². The van der Waals surface area contributed by atoms with Crippen molar-refractivity contribution in [2.75, 3.05) is 6.61 Å². The number of aliphatic hydroxyl groups is 1. The molecule has 2 nitrogen and oxygen atoms in total. The van der Waals surface area contributed by atoms with E-state index in [1.807, 2.05) is 25.1 Å². The topological polar surface area (TPSA) is 29.5 Å². The van der Waals surface area contributed by atoms with Gasteiger partial charge in [0.15, 0.2) is 0 Å². The van der Waals surface area contributed by atoms with Gasteiger partial charge in [0.1, 0.15) is 0 Å². The molecular weight excluding hydrogens is 224 g/mol. The average molecular weight is 250 g/mol. The molecule has 0 aromatic heterocycles. The van der Waals surface area contributed by atoms with Crippen molar-refractivity contribution >= 4 is 0 Å². The molecule has 18 heavy (non-hydrogen) atoms. The Morgan fingerprint density at radius 2 is 1.72 bits per heavy atom. The summed E-state index contributed by atoms with van der Waals surface area (Å²) >= 11 is 0. The van der Waals surface area contributed by atoms with Crippen LogP contribution in [-0.4, -0.2) is 23.4 Å². The summed E-state index contributed by atoms with van der Waals surface area (Å²) in [6, 6.07) is 10.3. The highest BCUT2D eigenvalue weighted by Crippen LogP contribution is 2.27. The van der Waals surface area contributed by atoms with E-state index in [1.54, 1.807) is 0 Å². The molecule has 0 saturated heterocycles.